The van der Waals surface area contributed by atoms with Gasteiger partial charge in [-0.15, -0.1) is 0 Å². The van der Waals surface area contributed by atoms with Gasteiger partial charge in [-0.1, -0.05) is 29.8 Å². The zero-order valence-corrected chi connectivity index (χ0v) is 9.16. The Hall–Kier alpha value is -1.81. The summed E-state index contributed by atoms with van der Waals surface area (Å²) in [6, 6.07) is 8.65. The molecule has 0 aliphatic rings. The number of aromatic nitrogens is 2. The minimum Gasteiger partial charge on any atom is -0.383 e. The number of nitrogens with zero attached hydrogens (tertiary/aromatic N) is 1. The second-order valence-corrected chi connectivity index (χ2v) is 3.79. The van der Waals surface area contributed by atoms with Crippen molar-refractivity contribution in [3.63, 3.8) is 0 Å². The largest absolute Gasteiger partial charge is 0.383 e. The molecule has 1 aromatic carbocycles. The van der Waals surface area contributed by atoms with Crippen LogP contribution < -0.4 is 11.3 Å². The first-order valence-electron chi connectivity index (χ1n) is 4.74. The van der Waals surface area contributed by atoms with Crippen LogP contribution in [0.25, 0.3) is 0 Å². The standard InChI is InChI=1S/C11H10ClN3O/c12-8-4-2-1-3-7(8)5-10-14-9(13)6-11(16)15-10/h1-4,6H,5H2,(H3,13,14,15,16). The fourth-order valence-electron chi connectivity index (χ4n) is 1.43. The summed E-state index contributed by atoms with van der Waals surface area (Å²) >= 11 is 6.00. The minimum absolute atomic E-state index is 0.214. The highest BCUT2D eigenvalue weighted by molar-refractivity contribution is 6.31. The van der Waals surface area contributed by atoms with Gasteiger partial charge in [0.1, 0.15) is 11.6 Å². The summed E-state index contributed by atoms with van der Waals surface area (Å²) in [7, 11) is 0. The van der Waals surface area contributed by atoms with Crippen molar-refractivity contribution in [1.82, 2.24) is 9.97 Å². The van der Waals surface area contributed by atoms with E-state index >= 15 is 0 Å². The van der Waals surface area contributed by atoms with Gasteiger partial charge in [0, 0.05) is 17.5 Å². The molecule has 0 bridgehead atoms. The summed E-state index contributed by atoms with van der Waals surface area (Å²) in [4.78, 5) is 17.8. The number of halogens is 1. The zero-order chi connectivity index (χ0) is 11.5. The highest BCUT2D eigenvalue weighted by Gasteiger charge is 2.03. The monoisotopic (exact) mass is 235 g/mol. The lowest BCUT2D eigenvalue weighted by Gasteiger charge is -2.03. The first-order chi connectivity index (χ1) is 7.65. The lowest BCUT2D eigenvalue weighted by atomic mass is 10.1. The van der Waals surface area contributed by atoms with E-state index in [4.69, 9.17) is 17.3 Å². The number of nitrogens with one attached hydrogen (secondary N) is 1. The van der Waals surface area contributed by atoms with Gasteiger partial charge in [0.05, 0.1) is 0 Å². The minimum atomic E-state index is -0.255. The molecular weight excluding hydrogens is 226 g/mol. The van der Waals surface area contributed by atoms with E-state index in [1.54, 1.807) is 6.07 Å². The van der Waals surface area contributed by atoms with Crippen molar-refractivity contribution >= 4 is 17.4 Å². The van der Waals surface area contributed by atoms with Crippen molar-refractivity contribution in [2.45, 2.75) is 6.42 Å². The Morgan fingerprint density at radius 3 is 2.81 bits per heavy atom. The van der Waals surface area contributed by atoms with Gasteiger partial charge in [-0.05, 0) is 11.6 Å². The van der Waals surface area contributed by atoms with Crippen molar-refractivity contribution in [2.75, 3.05) is 5.73 Å². The number of nitrogens with two attached hydrogens (primary N) is 1. The second-order valence-electron chi connectivity index (χ2n) is 3.39. The molecule has 0 aliphatic heterocycles. The Labute approximate surface area is 97.1 Å². The van der Waals surface area contributed by atoms with Crippen LogP contribution in [-0.4, -0.2) is 9.97 Å². The third-order valence-electron chi connectivity index (χ3n) is 2.13. The Morgan fingerprint density at radius 2 is 2.12 bits per heavy atom. The smallest absolute Gasteiger partial charge is 0.252 e. The quantitative estimate of drug-likeness (QED) is 0.831. The van der Waals surface area contributed by atoms with Crippen molar-refractivity contribution in [3.05, 3.63) is 57.1 Å². The van der Waals surface area contributed by atoms with E-state index in [0.29, 0.717) is 17.3 Å². The maximum Gasteiger partial charge on any atom is 0.252 e. The molecule has 0 atom stereocenters. The van der Waals surface area contributed by atoms with Gasteiger partial charge in [0.15, 0.2) is 0 Å². The molecule has 16 heavy (non-hydrogen) atoms. The summed E-state index contributed by atoms with van der Waals surface area (Å²) in [5.41, 5.74) is 6.13. The molecule has 0 saturated carbocycles. The molecule has 0 radical (unpaired) electrons. The topological polar surface area (TPSA) is 71.8 Å². The average molecular weight is 236 g/mol. The van der Waals surface area contributed by atoms with Crippen molar-refractivity contribution < 1.29 is 0 Å². The summed E-state index contributed by atoms with van der Waals surface area (Å²) in [5, 5.41) is 0.646. The van der Waals surface area contributed by atoms with Crippen LogP contribution in [-0.2, 0) is 6.42 Å². The molecule has 0 saturated heterocycles. The number of benzene rings is 1. The summed E-state index contributed by atoms with van der Waals surface area (Å²) < 4.78 is 0. The molecule has 1 heterocycles. The van der Waals surface area contributed by atoms with Gasteiger partial charge in [-0.3, -0.25) is 4.79 Å². The number of anilines is 1. The van der Waals surface area contributed by atoms with Crippen LogP contribution in [0.1, 0.15) is 11.4 Å². The van der Waals surface area contributed by atoms with Gasteiger partial charge < -0.3 is 10.7 Å². The molecule has 4 nitrogen and oxygen atoms in total. The third kappa shape index (κ3) is 2.41. The van der Waals surface area contributed by atoms with Crippen LogP contribution >= 0.6 is 11.6 Å². The van der Waals surface area contributed by atoms with Crippen LogP contribution in [0, 0.1) is 0 Å². The summed E-state index contributed by atoms with van der Waals surface area (Å²) in [6.07, 6.45) is 0.458. The molecule has 3 N–H and O–H groups in total. The fourth-order valence-corrected chi connectivity index (χ4v) is 1.64. The summed E-state index contributed by atoms with van der Waals surface area (Å²) in [6.45, 7) is 0. The highest BCUT2D eigenvalue weighted by Crippen LogP contribution is 2.17. The molecule has 0 spiro atoms. The van der Waals surface area contributed by atoms with Gasteiger partial charge in [-0.25, -0.2) is 4.98 Å². The Balaban J connectivity index is 2.34. The number of hydrogen-bond acceptors (Lipinski definition) is 3. The third-order valence-corrected chi connectivity index (χ3v) is 2.49. The number of H-pyrrole nitrogens is 1. The van der Waals surface area contributed by atoms with E-state index < -0.39 is 0 Å². The Morgan fingerprint density at radius 1 is 1.38 bits per heavy atom. The molecule has 0 amide bonds. The first-order valence-corrected chi connectivity index (χ1v) is 5.12. The predicted molar refractivity (Wildman–Crippen MR) is 63.5 cm³/mol. The van der Waals surface area contributed by atoms with E-state index in [1.165, 1.54) is 6.07 Å². The molecule has 5 heteroatoms. The van der Waals surface area contributed by atoms with E-state index in [2.05, 4.69) is 9.97 Å². The van der Waals surface area contributed by atoms with Crippen molar-refractivity contribution in [3.8, 4) is 0 Å². The van der Waals surface area contributed by atoms with E-state index in [0.717, 1.165) is 5.56 Å². The average Bonchev–Trinajstić information content (AvgIpc) is 2.20. The van der Waals surface area contributed by atoms with Gasteiger partial charge >= 0.3 is 0 Å². The number of hydrogen-bond donors (Lipinski definition) is 2. The molecular formula is C11H10ClN3O. The number of rotatable bonds is 2. The van der Waals surface area contributed by atoms with Gasteiger partial charge in [0.25, 0.3) is 5.56 Å². The van der Waals surface area contributed by atoms with Crippen LogP contribution in [0.4, 0.5) is 5.82 Å². The molecule has 1 aromatic heterocycles. The normalized spacial score (nSPS) is 10.3. The maximum absolute atomic E-state index is 11.2. The Kier molecular flexibility index (Phi) is 2.92. The van der Waals surface area contributed by atoms with E-state index in [-0.39, 0.29) is 11.4 Å². The maximum atomic E-state index is 11.2. The van der Waals surface area contributed by atoms with Gasteiger partial charge in [0.2, 0.25) is 0 Å². The van der Waals surface area contributed by atoms with Crippen LogP contribution in [0.2, 0.25) is 5.02 Å². The first kappa shape index (κ1) is 10.7. The van der Waals surface area contributed by atoms with Crippen LogP contribution in [0.15, 0.2) is 35.1 Å². The highest BCUT2D eigenvalue weighted by atomic mass is 35.5. The molecule has 0 fully saturated rings. The summed E-state index contributed by atoms with van der Waals surface area (Å²) in [5.74, 6) is 0.726. The predicted octanol–water partition coefficient (Wildman–Crippen LogP) is 1.60. The number of nitrogen functional groups attached to an aromatic ring is 1. The molecule has 0 aliphatic carbocycles. The van der Waals surface area contributed by atoms with Crippen molar-refractivity contribution in [1.29, 1.82) is 0 Å². The molecule has 82 valence electrons. The van der Waals surface area contributed by atoms with E-state index in [9.17, 15) is 4.79 Å². The fraction of sp³-hybridized carbons (Fsp3) is 0.0909. The molecule has 2 aromatic rings. The lowest BCUT2D eigenvalue weighted by molar-refractivity contribution is 0.952. The lowest BCUT2D eigenvalue weighted by Crippen LogP contribution is -2.12. The van der Waals surface area contributed by atoms with Crippen LogP contribution in [0.5, 0.6) is 0 Å². The Bertz CT molecular complexity index is 565. The molecule has 2 rings (SSSR count). The van der Waals surface area contributed by atoms with Gasteiger partial charge in [-0.2, -0.15) is 0 Å². The van der Waals surface area contributed by atoms with Crippen LogP contribution in [0.3, 0.4) is 0 Å². The van der Waals surface area contributed by atoms with E-state index in [1.807, 2.05) is 18.2 Å². The SMILES string of the molecule is Nc1cc(=O)[nH]c(Cc2ccccc2Cl)n1. The zero-order valence-electron chi connectivity index (χ0n) is 8.40. The molecule has 0 unspecified atom stereocenters. The number of aromatic amines is 1. The van der Waals surface area contributed by atoms with Crippen molar-refractivity contribution in [2.24, 2.45) is 0 Å². The second kappa shape index (κ2) is 4.37.